The van der Waals surface area contributed by atoms with Gasteiger partial charge in [-0.25, -0.2) is 4.98 Å². The van der Waals surface area contributed by atoms with Crippen molar-refractivity contribution in [2.45, 2.75) is 39.7 Å². The number of hydrogen-bond acceptors (Lipinski definition) is 7. The monoisotopic (exact) mass is 360 g/mol. The Kier molecular flexibility index (Phi) is 4.98. The molecule has 3 heterocycles. The zero-order valence-electron chi connectivity index (χ0n) is 14.6. The normalized spacial score (nSPS) is 12.3. The summed E-state index contributed by atoms with van der Waals surface area (Å²) < 4.78 is 10.4. The fourth-order valence-corrected chi connectivity index (χ4v) is 3.49. The van der Waals surface area contributed by atoms with Crippen LogP contribution in [0.3, 0.4) is 0 Å². The number of aryl methyl sites for hydroxylation is 3. The predicted octanol–water partition coefficient (Wildman–Crippen LogP) is 3.56. The van der Waals surface area contributed by atoms with Gasteiger partial charge in [-0.3, -0.25) is 4.79 Å². The first-order valence-electron chi connectivity index (χ1n) is 8.01. The highest BCUT2D eigenvalue weighted by Crippen LogP contribution is 2.26. The number of carbonyl (C=O) groups excluding carboxylic acids is 1. The van der Waals surface area contributed by atoms with E-state index in [9.17, 15) is 4.79 Å². The Hall–Kier alpha value is -2.48. The van der Waals surface area contributed by atoms with Gasteiger partial charge in [-0.05, 0) is 32.9 Å². The van der Waals surface area contributed by atoms with Crippen LogP contribution in [0.2, 0.25) is 0 Å². The SMILES string of the molecule is Cc1nc([C@@H](C)N(C)C(=O)CCc2nc(-c3ccco3)no2)c(C)s1. The van der Waals surface area contributed by atoms with E-state index in [4.69, 9.17) is 8.94 Å². The van der Waals surface area contributed by atoms with Crippen molar-refractivity contribution in [3.63, 3.8) is 0 Å². The number of aromatic nitrogens is 3. The second kappa shape index (κ2) is 7.18. The minimum Gasteiger partial charge on any atom is -0.461 e. The first kappa shape index (κ1) is 17.3. The molecule has 0 saturated carbocycles. The molecular weight excluding hydrogens is 340 g/mol. The Labute approximate surface area is 149 Å². The van der Waals surface area contributed by atoms with Crippen molar-refractivity contribution in [2.75, 3.05) is 7.05 Å². The molecule has 8 heteroatoms. The number of furan rings is 1. The smallest absolute Gasteiger partial charge is 0.238 e. The third-order valence-electron chi connectivity index (χ3n) is 4.07. The lowest BCUT2D eigenvalue weighted by Crippen LogP contribution is -2.30. The molecule has 3 aromatic rings. The van der Waals surface area contributed by atoms with E-state index in [0.717, 1.165) is 15.6 Å². The molecule has 0 unspecified atom stereocenters. The van der Waals surface area contributed by atoms with E-state index < -0.39 is 0 Å². The van der Waals surface area contributed by atoms with Crippen molar-refractivity contribution in [1.29, 1.82) is 0 Å². The summed E-state index contributed by atoms with van der Waals surface area (Å²) in [6.07, 6.45) is 2.23. The molecule has 3 aromatic heterocycles. The van der Waals surface area contributed by atoms with Gasteiger partial charge in [0, 0.05) is 24.8 Å². The Morgan fingerprint density at radius 2 is 2.16 bits per heavy atom. The van der Waals surface area contributed by atoms with Gasteiger partial charge in [0.15, 0.2) is 5.76 Å². The van der Waals surface area contributed by atoms with E-state index in [0.29, 0.717) is 30.3 Å². The quantitative estimate of drug-likeness (QED) is 0.668. The van der Waals surface area contributed by atoms with Crippen LogP contribution >= 0.6 is 11.3 Å². The first-order chi connectivity index (χ1) is 12.0. The molecule has 0 radical (unpaired) electrons. The highest BCUT2D eigenvalue weighted by atomic mass is 32.1. The Morgan fingerprint density at radius 1 is 1.36 bits per heavy atom. The third kappa shape index (κ3) is 3.79. The molecule has 0 bridgehead atoms. The van der Waals surface area contributed by atoms with Crippen LogP contribution in [-0.2, 0) is 11.2 Å². The largest absolute Gasteiger partial charge is 0.461 e. The van der Waals surface area contributed by atoms with Crippen molar-refractivity contribution in [3.8, 4) is 11.6 Å². The fourth-order valence-electron chi connectivity index (χ4n) is 2.58. The second-order valence-corrected chi connectivity index (χ2v) is 7.25. The van der Waals surface area contributed by atoms with Crippen molar-refractivity contribution in [3.05, 3.63) is 39.9 Å². The summed E-state index contributed by atoms with van der Waals surface area (Å²) in [6, 6.07) is 3.44. The maximum Gasteiger partial charge on any atom is 0.238 e. The summed E-state index contributed by atoms with van der Waals surface area (Å²) in [5, 5.41) is 4.88. The summed E-state index contributed by atoms with van der Waals surface area (Å²) in [7, 11) is 1.79. The summed E-state index contributed by atoms with van der Waals surface area (Å²) in [5.41, 5.74) is 0.955. The van der Waals surface area contributed by atoms with Gasteiger partial charge >= 0.3 is 0 Å². The Bertz CT molecular complexity index is 853. The van der Waals surface area contributed by atoms with Crippen molar-refractivity contribution in [2.24, 2.45) is 0 Å². The maximum absolute atomic E-state index is 12.5. The number of carbonyl (C=O) groups is 1. The Morgan fingerprint density at radius 3 is 2.80 bits per heavy atom. The van der Waals surface area contributed by atoms with Gasteiger partial charge in [-0.2, -0.15) is 4.98 Å². The highest BCUT2D eigenvalue weighted by molar-refractivity contribution is 7.11. The molecule has 25 heavy (non-hydrogen) atoms. The van der Waals surface area contributed by atoms with Crippen molar-refractivity contribution < 1.29 is 13.7 Å². The number of thiazole rings is 1. The number of nitrogens with zero attached hydrogens (tertiary/aromatic N) is 4. The van der Waals surface area contributed by atoms with Gasteiger partial charge in [0.2, 0.25) is 17.6 Å². The zero-order chi connectivity index (χ0) is 18.0. The summed E-state index contributed by atoms with van der Waals surface area (Å²) in [4.78, 5) is 24.1. The summed E-state index contributed by atoms with van der Waals surface area (Å²) >= 11 is 1.65. The van der Waals surface area contributed by atoms with Crippen LogP contribution in [0, 0.1) is 13.8 Å². The van der Waals surface area contributed by atoms with E-state index in [1.54, 1.807) is 41.7 Å². The van der Waals surface area contributed by atoms with Crippen molar-refractivity contribution in [1.82, 2.24) is 20.0 Å². The van der Waals surface area contributed by atoms with Crippen LogP contribution < -0.4 is 0 Å². The molecule has 0 spiro atoms. The summed E-state index contributed by atoms with van der Waals surface area (Å²) in [5.74, 6) is 1.36. The van der Waals surface area contributed by atoms with Gasteiger partial charge in [0.1, 0.15) is 0 Å². The predicted molar refractivity (Wildman–Crippen MR) is 93.1 cm³/mol. The minimum absolute atomic E-state index is 0.00954. The first-order valence-corrected chi connectivity index (χ1v) is 8.83. The molecule has 132 valence electrons. The second-order valence-electron chi connectivity index (χ2n) is 5.84. The Balaban J connectivity index is 1.59. The number of amides is 1. The van der Waals surface area contributed by atoms with Gasteiger partial charge in [0.05, 0.1) is 23.0 Å². The average Bonchev–Trinajstić information content (AvgIpc) is 3.31. The standard InChI is InChI=1S/C17H20N4O3S/c1-10(16-11(2)25-12(3)18-16)21(4)15(22)8-7-14-19-17(20-24-14)13-6-5-9-23-13/h5-6,9-10H,7-8H2,1-4H3/t10-/m1/s1. The molecule has 0 aromatic carbocycles. The van der Waals surface area contributed by atoms with E-state index in [2.05, 4.69) is 15.1 Å². The number of rotatable bonds is 6. The molecular formula is C17H20N4O3S. The van der Waals surface area contributed by atoms with Crippen LogP contribution in [0.1, 0.15) is 40.9 Å². The fraction of sp³-hybridized carbons (Fsp3) is 0.412. The van der Waals surface area contributed by atoms with Gasteiger partial charge < -0.3 is 13.8 Å². The lowest BCUT2D eigenvalue weighted by atomic mass is 10.1. The molecule has 0 saturated heterocycles. The lowest BCUT2D eigenvalue weighted by Gasteiger charge is -2.24. The van der Waals surface area contributed by atoms with Gasteiger partial charge in [-0.15, -0.1) is 11.3 Å². The third-order valence-corrected chi connectivity index (χ3v) is 4.97. The van der Waals surface area contributed by atoms with E-state index in [1.165, 1.54) is 0 Å². The molecule has 0 aliphatic carbocycles. The molecule has 1 amide bonds. The average molecular weight is 360 g/mol. The molecule has 0 fully saturated rings. The number of hydrogen-bond donors (Lipinski definition) is 0. The molecule has 0 aliphatic heterocycles. The van der Waals surface area contributed by atoms with Crippen LogP contribution in [0.5, 0.6) is 0 Å². The van der Waals surface area contributed by atoms with Crippen LogP contribution in [0.25, 0.3) is 11.6 Å². The molecule has 0 N–H and O–H groups in total. The summed E-state index contributed by atoms with van der Waals surface area (Å²) in [6.45, 7) is 5.99. The minimum atomic E-state index is -0.0705. The van der Waals surface area contributed by atoms with E-state index in [1.807, 2.05) is 20.8 Å². The van der Waals surface area contributed by atoms with E-state index in [-0.39, 0.29) is 11.9 Å². The highest BCUT2D eigenvalue weighted by Gasteiger charge is 2.22. The molecule has 1 atom stereocenters. The molecule has 3 rings (SSSR count). The van der Waals surface area contributed by atoms with E-state index >= 15 is 0 Å². The van der Waals surface area contributed by atoms with Gasteiger partial charge in [-0.1, -0.05) is 5.16 Å². The topological polar surface area (TPSA) is 85.3 Å². The van der Waals surface area contributed by atoms with Crippen LogP contribution in [-0.4, -0.2) is 33.0 Å². The maximum atomic E-state index is 12.5. The van der Waals surface area contributed by atoms with Gasteiger partial charge in [0.25, 0.3) is 0 Å². The lowest BCUT2D eigenvalue weighted by molar-refractivity contribution is -0.131. The zero-order valence-corrected chi connectivity index (χ0v) is 15.5. The van der Waals surface area contributed by atoms with Crippen molar-refractivity contribution >= 4 is 17.2 Å². The molecule has 0 aliphatic rings. The molecule has 7 nitrogen and oxygen atoms in total. The van der Waals surface area contributed by atoms with Crippen LogP contribution in [0.15, 0.2) is 27.3 Å². The van der Waals surface area contributed by atoms with Crippen LogP contribution in [0.4, 0.5) is 0 Å².